The van der Waals surface area contributed by atoms with Gasteiger partial charge in [-0.05, 0) is 24.1 Å². The Hall–Kier alpha value is -1.11. The number of aliphatic hydroxyl groups excluding tert-OH is 1. The van der Waals surface area contributed by atoms with Gasteiger partial charge < -0.3 is 10.8 Å². The Morgan fingerprint density at radius 1 is 1.47 bits per heavy atom. The number of nitrogens with two attached hydrogens (primary N) is 1. The smallest absolute Gasteiger partial charge is 0.218 e. The quantitative estimate of drug-likeness (QED) is 0.755. The van der Waals surface area contributed by atoms with Crippen molar-refractivity contribution >= 4 is 15.7 Å². The Balaban J connectivity index is 2.12. The van der Waals surface area contributed by atoms with Crippen LogP contribution in [0.5, 0.6) is 0 Å². The van der Waals surface area contributed by atoms with E-state index in [0.29, 0.717) is 24.2 Å². The molecular formula is C11H16N2O3S. The van der Waals surface area contributed by atoms with E-state index in [1.807, 2.05) is 0 Å². The molecule has 2 rings (SSSR count). The molecule has 0 aliphatic carbocycles. The summed E-state index contributed by atoms with van der Waals surface area (Å²) in [5.74, 6) is -0.0647. The standard InChI is InChI=1S/C11H16N2O3S/c12-10-3-1-2-9(6-10)8-17(15,16)13-5-4-11(14)7-13/h1-3,6,11,14H,4-5,7-8,12H2. The van der Waals surface area contributed by atoms with Crippen LogP contribution in [0.15, 0.2) is 24.3 Å². The summed E-state index contributed by atoms with van der Waals surface area (Å²) in [7, 11) is -3.34. The van der Waals surface area contributed by atoms with Crippen molar-refractivity contribution in [2.75, 3.05) is 18.8 Å². The highest BCUT2D eigenvalue weighted by Crippen LogP contribution is 2.18. The van der Waals surface area contributed by atoms with Crippen LogP contribution < -0.4 is 5.73 Å². The molecule has 1 saturated heterocycles. The molecular weight excluding hydrogens is 240 g/mol. The van der Waals surface area contributed by atoms with Gasteiger partial charge in [0.05, 0.1) is 11.9 Å². The van der Waals surface area contributed by atoms with E-state index in [1.54, 1.807) is 24.3 Å². The van der Waals surface area contributed by atoms with E-state index >= 15 is 0 Å². The fraction of sp³-hybridized carbons (Fsp3) is 0.455. The molecule has 0 radical (unpaired) electrons. The lowest BCUT2D eigenvalue weighted by Crippen LogP contribution is -2.30. The zero-order valence-corrected chi connectivity index (χ0v) is 10.2. The molecule has 6 heteroatoms. The minimum absolute atomic E-state index is 0.0647. The number of anilines is 1. The van der Waals surface area contributed by atoms with Crippen LogP contribution >= 0.6 is 0 Å². The Bertz CT molecular complexity index is 501. The van der Waals surface area contributed by atoms with Crippen LogP contribution in [-0.4, -0.2) is 37.0 Å². The fourth-order valence-corrected chi connectivity index (χ4v) is 3.51. The minimum Gasteiger partial charge on any atom is -0.399 e. The first-order chi connectivity index (χ1) is 7.97. The zero-order valence-electron chi connectivity index (χ0n) is 9.41. The number of aliphatic hydroxyl groups is 1. The summed E-state index contributed by atoms with van der Waals surface area (Å²) in [5, 5.41) is 9.35. The number of nitrogens with zero attached hydrogens (tertiary/aromatic N) is 1. The molecule has 3 N–H and O–H groups in total. The molecule has 0 amide bonds. The summed E-state index contributed by atoms with van der Waals surface area (Å²) in [6.07, 6.45) is -0.0264. The van der Waals surface area contributed by atoms with E-state index in [1.165, 1.54) is 4.31 Å². The number of β-amino-alcohol motifs (C(OH)–C–C–N with tert-alkyl or cyclic N) is 1. The number of nitrogen functional groups attached to an aromatic ring is 1. The van der Waals surface area contributed by atoms with Crippen LogP contribution in [0.1, 0.15) is 12.0 Å². The van der Waals surface area contributed by atoms with Gasteiger partial charge in [-0.3, -0.25) is 0 Å². The number of hydrogen-bond acceptors (Lipinski definition) is 4. The molecule has 1 aromatic carbocycles. The third-order valence-electron chi connectivity index (χ3n) is 2.82. The summed E-state index contributed by atoms with van der Waals surface area (Å²) < 4.78 is 25.4. The molecule has 1 aromatic rings. The van der Waals surface area contributed by atoms with Crippen molar-refractivity contribution in [1.82, 2.24) is 4.31 Å². The number of hydrogen-bond donors (Lipinski definition) is 2. The molecule has 5 nitrogen and oxygen atoms in total. The second-order valence-electron chi connectivity index (χ2n) is 4.30. The molecule has 17 heavy (non-hydrogen) atoms. The Morgan fingerprint density at radius 2 is 2.24 bits per heavy atom. The molecule has 1 heterocycles. The van der Waals surface area contributed by atoms with Gasteiger partial charge >= 0.3 is 0 Å². The molecule has 1 atom stereocenters. The Labute approximate surface area is 101 Å². The van der Waals surface area contributed by atoms with E-state index in [4.69, 9.17) is 5.73 Å². The van der Waals surface area contributed by atoms with Crippen LogP contribution in [0.4, 0.5) is 5.69 Å². The van der Waals surface area contributed by atoms with Gasteiger partial charge in [0, 0.05) is 18.8 Å². The second-order valence-corrected chi connectivity index (χ2v) is 6.27. The highest BCUT2D eigenvalue weighted by atomic mass is 32.2. The minimum atomic E-state index is -3.34. The summed E-state index contributed by atoms with van der Waals surface area (Å²) in [4.78, 5) is 0. The summed E-state index contributed by atoms with van der Waals surface area (Å²) in [6.45, 7) is 0.594. The van der Waals surface area contributed by atoms with Crippen LogP contribution in [0, 0.1) is 0 Å². The van der Waals surface area contributed by atoms with Crippen LogP contribution in [0.2, 0.25) is 0 Å². The van der Waals surface area contributed by atoms with Gasteiger partial charge in [0.25, 0.3) is 0 Å². The van der Waals surface area contributed by atoms with E-state index in [2.05, 4.69) is 0 Å². The van der Waals surface area contributed by atoms with Crippen LogP contribution in [0.3, 0.4) is 0 Å². The SMILES string of the molecule is Nc1cccc(CS(=O)(=O)N2CCC(O)C2)c1. The third-order valence-corrected chi connectivity index (χ3v) is 4.64. The monoisotopic (exact) mass is 256 g/mol. The fourth-order valence-electron chi connectivity index (χ4n) is 1.95. The van der Waals surface area contributed by atoms with Crippen molar-refractivity contribution in [2.45, 2.75) is 18.3 Å². The number of sulfonamides is 1. The lowest BCUT2D eigenvalue weighted by molar-refractivity contribution is 0.189. The first kappa shape index (κ1) is 12.3. The topological polar surface area (TPSA) is 83.6 Å². The van der Waals surface area contributed by atoms with Crippen molar-refractivity contribution in [3.05, 3.63) is 29.8 Å². The second kappa shape index (κ2) is 4.64. The first-order valence-corrected chi connectivity index (χ1v) is 7.08. The number of benzene rings is 1. The maximum atomic E-state index is 12.0. The van der Waals surface area contributed by atoms with Gasteiger partial charge in [-0.1, -0.05) is 12.1 Å². The predicted molar refractivity (Wildman–Crippen MR) is 65.7 cm³/mol. The molecule has 0 bridgehead atoms. The van der Waals surface area contributed by atoms with E-state index in [-0.39, 0.29) is 12.3 Å². The largest absolute Gasteiger partial charge is 0.399 e. The van der Waals surface area contributed by atoms with Crippen LogP contribution in [0.25, 0.3) is 0 Å². The maximum absolute atomic E-state index is 12.0. The average molecular weight is 256 g/mol. The maximum Gasteiger partial charge on any atom is 0.218 e. The molecule has 94 valence electrons. The average Bonchev–Trinajstić information content (AvgIpc) is 2.65. The summed E-state index contributed by atoms with van der Waals surface area (Å²) >= 11 is 0. The molecule has 1 unspecified atom stereocenters. The Morgan fingerprint density at radius 3 is 2.82 bits per heavy atom. The van der Waals surface area contributed by atoms with E-state index in [9.17, 15) is 13.5 Å². The first-order valence-electron chi connectivity index (χ1n) is 5.48. The van der Waals surface area contributed by atoms with Gasteiger partial charge in [0.15, 0.2) is 0 Å². The molecule has 1 aliphatic rings. The molecule has 0 aromatic heterocycles. The van der Waals surface area contributed by atoms with Crippen molar-refractivity contribution in [3.8, 4) is 0 Å². The van der Waals surface area contributed by atoms with Crippen molar-refractivity contribution in [2.24, 2.45) is 0 Å². The van der Waals surface area contributed by atoms with E-state index < -0.39 is 16.1 Å². The highest BCUT2D eigenvalue weighted by molar-refractivity contribution is 7.88. The predicted octanol–water partition coefficient (Wildman–Crippen LogP) is 0.165. The molecule has 1 fully saturated rings. The van der Waals surface area contributed by atoms with Gasteiger partial charge in [-0.25, -0.2) is 8.42 Å². The van der Waals surface area contributed by atoms with Crippen molar-refractivity contribution in [1.29, 1.82) is 0 Å². The van der Waals surface area contributed by atoms with Crippen molar-refractivity contribution < 1.29 is 13.5 Å². The summed E-state index contributed by atoms with van der Waals surface area (Å²) in [6, 6.07) is 6.85. The van der Waals surface area contributed by atoms with Gasteiger partial charge in [0.1, 0.15) is 0 Å². The van der Waals surface area contributed by atoms with Gasteiger partial charge in [-0.2, -0.15) is 4.31 Å². The van der Waals surface area contributed by atoms with Crippen molar-refractivity contribution in [3.63, 3.8) is 0 Å². The summed E-state index contributed by atoms with van der Waals surface area (Å²) in [5.41, 5.74) is 6.83. The normalized spacial score (nSPS) is 21.8. The zero-order chi connectivity index (χ0) is 12.5. The molecule has 1 aliphatic heterocycles. The highest BCUT2D eigenvalue weighted by Gasteiger charge is 2.30. The van der Waals surface area contributed by atoms with Gasteiger partial charge in [0.2, 0.25) is 10.0 Å². The van der Waals surface area contributed by atoms with Crippen LogP contribution in [-0.2, 0) is 15.8 Å². The Kier molecular flexibility index (Phi) is 3.37. The van der Waals surface area contributed by atoms with E-state index in [0.717, 1.165) is 0 Å². The number of rotatable bonds is 3. The lowest BCUT2D eigenvalue weighted by atomic mass is 10.2. The molecule has 0 spiro atoms. The third kappa shape index (κ3) is 2.96. The van der Waals surface area contributed by atoms with Gasteiger partial charge in [-0.15, -0.1) is 0 Å². The molecule has 0 saturated carbocycles. The lowest BCUT2D eigenvalue weighted by Gasteiger charge is -2.15.